The van der Waals surface area contributed by atoms with Crippen molar-refractivity contribution in [3.8, 4) is 0 Å². The zero-order valence-corrected chi connectivity index (χ0v) is 10.5. The van der Waals surface area contributed by atoms with Crippen LogP contribution in [0, 0.1) is 5.41 Å². The first-order valence-electron chi connectivity index (χ1n) is 6.04. The Kier molecular flexibility index (Phi) is 2.97. The van der Waals surface area contributed by atoms with E-state index in [2.05, 4.69) is 19.2 Å². The molecule has 1 amide bonds. The van der Waals surface area contributed by atoms with Gasteiger partial charge in [-0.05, 0) is 24.8 Å². The lowest BCUT2D eigenvalue weighted by Crippen LogP contribution is -2.51. The highest BCUT2D eigenvalue weighted by Gasteiger charge is 2.46. The van der Waals surface area contributed by atoms with Crippen LogP contribution in [0.4, 0.5) is 0 Å². The van der Waals surface area contributed by atoms with Crippen LogP contribution >= 0.6 is 0 Å². The lowest BCUT2D eigenvalue weighted by atomic mass is 9.93. The molecule has 0 aromatic rings. The number of carbonyl (C=O) groups is 1. The van der Waals surface area contributed by atoms with Gasteiger partial charge in [-0.15, -0.1) is 0 Å². The third-order valence-electron chi connectivity index (χ3n) is 3.86. The molecule has 16 heavy (non-hydrogen) atoms. The highest BCUT2D eigenvalue weighted by Crippen LogP contribution is 2.32. The third-order valence-corrected chi connectivity index (χ3v) is 3.86. The molecule has 2 heterocycles. The molecule has 0 aromatic carbocycles. The van der Waals surface area contributed by atoms with Gasteiger partial charge in [-0.2, -0.15) is 0 Å². The van der Waals surface area contributed by atoms with Gasteiger partial charge in [-0.3, -0.25) is 4.79 Å². The number of nitrogens with one attached hydrogen (secondary N) is 1. The van der Waals surface area contributed by atoms with E-state index in [0.29, 0.717) is 6.54 Å². The Morgan fingerprint density at radius 2 is 2.12 bits per heavy atom. The van der Waals surface area contributed by atoms with Crippen LogP contribution in [0.1, 0.15) is 26.7 Å². The van der Waals surface area contributed by atoms with Gasteiger partial charge in [0.1, 0.15) is 0 Å². The van der Waals surface area contributed by atoms with Gasteiger partial charge >= 0.3 is 0 Å². The minimum absolute atomic E-state index is 0.172. The fourth-order valence-electron chi connectivity index (χ4n) is 2.69. The summed E-state index contributed by atoms with van der Waals surface area (Å²) in [6.45, 7) is 7.68. The minimum atomic E-state index is -0.597. The Morgan fingerprint density at radius 1 is 1.38 bits per heavy atom. The predicted molar refractivity (Wildman–Crippen MR) is 62.2 cm³/mol. The number of likely N-dealkylation sites (tertiary alicyclic amines) is 1. The zero-order chi connectivity index (χ0) is 11.8. The van der Waals surface area contributed by atoms with E-state index in [-0.39, 0.29) is 11.3 Å². The Hall–Kier alpha value is -0.610. The van der Waals surface area contributed by atoms with Crippen molar-refractivity contribution in [2.45, 2.75) is 32.3 Å². The molecule has 2 aliphatic heterocycles. The second kappa shape index (κ2) is 4.00. The summed E-state index contributed by atoms with van der Waals surface area (Å²) >= 11 is 0. The number of nitrogens with zero attached hydrogens (tertiary/aromatic N) is 1. The van der Waals surface area contributed by atoms with Crippen LogP contribution in [0.15, 0.2) is 0 Å². The summed E-state index contributed by atoms with van der Waals surface area (Å²) in [5.74, 6) is 0.172. The molecule has 1 unspecified atom stereocenters. The van der Waals surface area contributed by atoms with E-state index >= 15 is 0 Å². The number of rotatable bonds is 2. The second-order valence-corrected chi connectivity index (χ2v) is 5.77. The summed E-state index contributed by atoms with van der Waals surface area (Å²) in [5.41, 5.74) is -0.336. The number of methoxy groups -OCH3 is 1. The van der Waals surface area contributed by atoms with Crippen molar-refractivity contribution in [1.29, 1.82) is 0 Å². The highest BCUT2D eigenvalue weighted by atomic mass is 16.5. The monoisotopic (exact) mass is 226 g/mol. The maximum absolute atomic E-state index is 12.4. The van der Waals surface area contributed by atoms with E-state index in [4.69, 9.17) is 4.74 Å². The molecule has 0 saturated carbocycles. The molecule has 0 aromatic heterocycles. The standard InChI is InChI=1S/C12H22N2O2/c1-11(2)5-7-14(9-11)10(15)12(16-3)4-6-13-8-12/h13H,4-9H2,1-3H3. The number of ether oxygens (including phenoxy) is 1. The molecule has 0 spiro atoms. The van der Waals surface area contributed by atoms with Crippen molar-refractivity contribution in [2.24, 2.45) is 5.41 Å². The normalized spacial score (nSPS) is 33.3. The fourth-order valence-corrected chi connectivity index (χ4v) is 2.69. The average molecular weight is 226 g/mol. The molecule has 0 radical (unpaired) electrons. The van der Waals surface area contributed by atoms with Crippen LogP contribution in [0.25, 0.3) is 0 Å². The van der Waals surface area contributed by atoms with E-state index in [1.165, 1.54) is 0 Å². The van der Waals surface area contributed by atoms with Crippen molar-refractivity contribution in [1.82, 2.24) is 10.2 Å². The van der Waals surface area contributed by atoms with Crippen molar-refractivity contribution < 1.29 is 9.53 Å². The molecule has 92 valence electrons. The van der Waals surface area contributed by atoms with Crippen LogP contribution in [0.2, 0.25) is 0 Å². The molecule has 4 heteroatoms. The predicted octanol–water partition coefficient (Wildman–Crippen LogP) is 0.623. The summed E-state index contributed by atoms with van der Waals surface area (Å²) in [6.07, 6.45) is 1.88. The first-order valence-corrected chi connectivity index (χ1v) is 6.04. The molecule has 0 aliphatic carbocycles. The lowest BCUT2D eigenvalue weighted by molar-refractivity contribution is -0.152. The van der Waals surface area contributed by atoms with Crippen LogP contribution in [-0.2, 0) is 9.53 Å². The maximum atomic E-state index is 12.4. The number of hydrogen-bond acceptors (Lipinski definition) is 3. The topological polar surface area (TPSA) is 41.6 Å². The van der Waals surface area contributed by atoms with Crippen molar-refractivity contribution in [2.75, 3.05) is 33.3 Å². The Bertz CT molecular complexity index is 283. The first kappa shape index (κ1) is 11.9. The molecule has 0 bridgehead atoms. The van der Waals surface area contributed by atoms with E-state index in [1.807, 2.05) is 4.90 Å². The van der Waals surface area contributed by atoms with Gasteiger partial charge in [0.25, 0.3) is 5.91 Å². The molecule has 2 saturated heterocycles. The number of carbonyl (C=O) groups excluding carboxylic acids is 1. The molecular formula is C12H22N2O2. The number of amides is 1. The second-order valence-electron chi connectivity index (χ2n) is 5.77. The molecule has 2 rings (SSSR count). The van der Waals surface area contributed by atoms with Gasteiger partial charge in [0.15, 0.2) is 5.60 Å². The van der Waals surface area contributed by atoms with E-state index in [9.17, 15) is 4.79 Å². The molecule has 1 N–H and O–H groups in total. The van der Waals surface area contributed by atoms with E-state index in [1.54, 1.807) is 7.11 Å². The average Bonchev–Trinajstić information content (AvgIpc) is 2.84. The summed E-state index contributed by atoms with van der Waals surface area (Å²) < 4.78 is 5.49. The van der Waals surface area contributed by atoms with Crippen LogP contribution in [0.3, 0.4) is 0 Å². The van der Waals surface area contributed by atoms with Gasteiger partial charge < -0.3 is 15.0 Å². The van der Waals surface area contributed by atoms with Gasteiger partial charge in [-0.1, -0.05) is 13.8 Å². The lowest BCUT2D eigenvalue weighted by Gasteiger charge is -2.31. The first-order chi connectivity index (χ1) is 7.49. The van der Waals surface area contributed by atoms with Crippen molar-refractivity contribution in [3.63, 3.8) is 0 Å². The van der Waals surface area contributed by atoms with E-state index < -0.39 is 5.60 Å². The van der Waals surface area contributed by atoms with Gasteiger partial charge in [-0.25, -0.2) is 0 Å². The quantitative estimate of drug-likeness (QED) is 0.750. The highest BCUT2D eigenvalue weighted by molar-refractivity contribution is 5.86. The van der Waals surface area contributed by atoms with E-state index in [0.717, 1.165) is 32.5 Å². The van der Waals surface area contributed by atoms with Gasteiger partial charge in [0, 0.05) is 26.7 Å². The van der Waals surface area contributed by atoms with Crippen LogP contribution in [0.5, 0.6) is 0 Å². The Balaban J connectivity index is 2.07. The molecule has 4 nitrogen and oxygen atoms in total. The zero-order valence-electron chi connectivity index (χ0n) is 10.5. The Labute approximate surface area is 97.3 Å². The summed E-state index contributed by atoms with van der Waals surface area (Å²) in [6, 6.07) is 0. The summed E-state index contributed by atoms with van der Waals surface area (Å²) in [4.78, 5) is 14.4. The molecule has 1 atom stereocenters. The van der Waals surface area contributed by atoms with Crippen LogP contribution in [-0.4, -0.2) is 49.7 Å². The SMILES string of the molecule is COC1(C(=O)N2CCC(C)(C)C2)CCNC1. The number of hydrogen-bond donors (Lipinski definition) is 1. The van der Waals surface area contributed by atoms with Crippen molar-refractivity contribution in [3.05, 3.63) is 0 Å². The summed E-state index contributed by atoms with van der Waals surface area (Å²) in [5, 5.41) is 3.22. The summed E-state index contributed by atoms with van der Waals surface area (Å²) in [7, 11) is 1.64. The maximum Gasteiger partial charge on any atom is 0.256 e. The molecule has 2 aliphatic rings. The fraction of sp³-hybridized carbons (Fsp3) is 0.917. The largest absolute Gasteiger partial charge is 0.367 e. The van der Waals surface area contributed by atoms with Gasteiger partial charge in [0.2, 0.25) is 0 Å². The van der Waals surface area contributed by atoms with Crippen LogP contribution < -0.4 is 5.32 Å². The smallest absolute Gasteiger partial charge is 0.256 e. The van der Waals surface area contributed by atoms with Crippen molar-refractivity contribution >= 4 is 5.91 Å². The van der Waals surface area contributed by atoms with Gasteiger partial charge in [0.05, 0.1) is 0 Å². The molecule has 2 fully saturated rings. The minimum Gasteiger partial charge on any atom is -0.367 e. The molecular weight excluding hydrogens is 204 g/mol. The third kappa shape index (κ3) is 1.96. The Morgan fingerprint density at radius 3 is 2.56 bits per heavy atom.